The molecule has 0 spiro atoms. The summed E-state index contributed by atoms with van der Waals surface area (Å²) in [6.07, 6.45) is 7.05. The Labute approximate surface area is 182 Å². The molecule has 1 aliphatic carbocycles. The second-order valence-electron chi connectivity index (χ2n) is 6.50. The summed E-state index contributed by atoms with van der Waals surface area (Å²) in [6.45, 7) is 0.938. The Balaban J connectivity index is 1.43. The van der Waals surface area contributed by atoms with E-state index in [4.69, 9.17) is 23.8 Å². The fourth-order valence-electron chi connectivity index (χ4n) is 3.00. The number of hydrogen-bond acceptors (Lipinski definition) is 3. The van der Waals surface area contributed by atoms with E-state index in [9.17, 15) is 9.59 Å². The third-order valence-electron chi connectivity index (χ3n) is 4.48. The first-order valence-corrected chi connectivity index (χ1v) is 10.5. The van der Waals surface area contributed by atoms with Gasteiger partial charge in [0, 0.05) is 29.0 Å². The maximum Gasteiger partial charge on any atom is 0.241 e. The Hall–Kier alpha value is -1.83. The predicted molar refractivity (Wildman–Crippen MR) is 119 cm³/mol. The van der Waals surface area contributed by atoms with Gasteiger partial charge in [0.1, 0.15) is 5.92 Å². The summed E-state index contributed by atoms with van der Waals surface area (Å²) in [6, 6.07) is 7.56. The Morgan fingerprint density at radius 1 is 1.29 bits per heavy atom. The summed E-state index contributed by atoms with van der Waals surface area (Å²) < 4.78 is 0.845. The molecule has 3 rings (SSSR count). The van der Waals surface area contributed by atoms with Gasteiger partial charge in [0.25, 0.3) is 0 Å². The number of hydrogen-bond donors (Lipinski definition) is 1. The van der Waals surface area contributed by atoms with Gasteiger partial charge in [-0.15, -0.1) is 0 Å². The Kier molecular flexibility index (Phi) is 7.15. The van der Waals surface area contributed by atoms with Crippen LogP contribution in [0.4, 0.5) is 0 Å². The highest BCUT2D eigenvalue weighted by atomic mass is 79.9. The van der Waals surface area contributed by atoms with Crippen LogP contribution < -0.4 is 5.32 Å². The average molecular weight is 481 g/mol. The van der Waals surface area contributed by atoms with E-state index in [1.54, 1.807) is 6.08 Å². The number of benzene rings is 1. The largest absolute Gasteiger partial charge is 0.356 e. The van der Waals surface area contributed by atoms with Gasteiger partial charge < -0.3 is 5.32 Å². The molecule has 0 bridgehead atoms. The van der Waals surface area contributed by atoms with Crippen molar-refractivity contribution in [2.45, 2.75) is 19.3 Å². The summed E-state index contributed by atoms with van der Waals surface area (Å²) >= 11 is 14.5. The highest BCUT2D eigenvalue weighted by Gasteiger charge is 2.34. The molecular weight excluding hydrogens is 462 g/mol. The lowest BCUT2D eigenvalue weighted by Crippen LogP contribution is -2.46. The number of halogens is 2. The lowest BCUT2D eigenvalue weighted by atomic mass is 9.95. The van der Waals surface area contributed by atoms with E-state index < -0.39 is 5.92 Å². The molecule has 0 saturated heterocycles. The van der Waals surface area contributed by atoms with Crippen LogP contribution >= 0.6 is 39.7 Å². The molecule has 0 radical (unpaired) electrons. The number of aliphatic imine (C=N–C) groups is 1. The molecule has 5 nitrogen and oxygen atoms in total. The Morgan fingerprint density at radius 2 is 2.04 bits per heavy atom. The number of thiocarbonyl (C=S) groups is 1. The van der Waals surface area contributed by atoms with Crippen LogP contribution in [-0.4, -0.2) is 40.6 Å². The van der Waals surface area contributed by atoms with Crippen molar-refractivity contribution in [1.29, 1.82) is 0 Å². The number of carbonyl (C=O) groups is 2. The van der Waals surface area contributed by atoms with Crippen molar-refractivity contribution in [3.05, 3.63) is 57.6 Å². The van der Waals surface area contributed by atoms with Gasteiger partial charge in [0.15, 0.2) is 0 Å². The molecule has 0 fully saturated rings. The zero-order chi connectivity index (χ0) is 20.1. The average Bonchev–Trinajstić information content (AvgIpc) is 2.67. The molecule has 8 heteroatoms. The monoisotopic (exact) mass is 479 g/mol. The third-order valence-corrected chi connectivity index (χ3v) is 5.57. The van der Waals surface area contributed by atoms with Crippen molar-refractivity contribution in [3.63, 3.8) is 0 Å². The smallest absolute Gasteiger partial charge is 0.241 e. The van der Waals surface area contributed by atoms with Crippen LogP contribution in [0.1, 0.15) is 18.4 Å². The molecule has 1 heterocycles. The van der Waals surface area contributed by atoms with E-state index in [-0.39, 0.29) is 16.9 Å². The molecule has 2 amide bonds. The fraction of sp³-hybridized carbons (Fsp3) is 0.300. The van der Waals surface area contributed by atoms with E-state index in [0.717, 1.165) is 16.5 Å². The maximum atomic E-state index is 12.7. The summed E-state index contributed by atoms with van der Waals surface area (Å²) in [5.41, 5.74) is 1.78. The number of nitrogens with one attached hydrogen (secondary N) is 1. The van der Waals surface area contributed by atoms with Crippen LogP contribution in [0.5, 0.6) is 0 Å². The lowest BCUT2D eigenvalue weighted by molar-refractivity contribution is -0.129. The molecule has 1 N–H and O–H groups in total. The van der Waals surface area contributed by atoms with Crippen molar-refractivity contribution in [3.8, 4) is 0 Å². The number of nitrogens with zero attached hydrogens (tertiary/aromatic N) is 2. The van der Waals surface area contributed by atoms with Crippen LogP contribution in [0.25, 0.3) is 0 Å². The summed E-state index contributed by atoms with van der Waals surface area (Å²) in [5, 5.41) is 3.85. The van der Waals surface area contributed by atoms with Gasteiger partial charge in [-0.05, 0) is 54.9 Å². The molecular formula is C20H19BrClN3O2S. The van der Waals surface area contributed by atoms with E-state index in [1.165, 1.54) is 4.90 Å². The standard InChI is InChI=1S/C20H19BrClN3O2S/c21-14-5-8-17-16(12-14)19(27)25(20(28)24-17)11-1-2-18(26)23-10-9-13-3-6-15(22)7-4-13/h3-8,12,16H,1-2,9-11H2,(H,23,26). The maximum absolute atomic E-state index is 12.7. The van der Waals surface area contributed by atoms with Gasteiger partial charge in [0.05, 0.1) is 5.71 Å². The summed E-state index contributed by atoms with van der Waals surface area (Å²) in [4.78, 5) is 30.6. The molecule has 146 valence electrons. The van der Waals surface area contributed by atoms with Crippen molar-refractivity contribution in [1.82, 2.24) is 10.2 Å². The van der Waals surface area contributed by atoms with Crippen molar-refractivity contribution in [2.75, 3.05) is 13.1 Å². The quantitative estimate of drug-likeness (QED) is 0.604. The Bertz CT molecular complexity index is 880. The zero-order valence-corrected chi connectivity index (χ0v) is 18.2. The molecule has 0 saturated carbocycles. The van der Waals surface area contributed by atoms with Crippen LogP contribution in [0.2, 0.25) is 5.02 Å². The second kappa shape index (κ2) is 9.58. The van der Waals surface area contributed by atoms with Crippen molar-refractivity contribution >= 4 is 62.4 Å². The van der Waals surface area contributed by atoms with Crippen LogP contribution in [0.3, 0.4) is 0 Å². The molecule has 1 atom stereocenters. The van der Waals surface area contributed by atoms with Gasteiger partial charge in [0.2, 0.25) is 16.9 Å². The minimum Gasteiger partial charge on any atom is -0.356 e. The Morgan fingerprint density at radius 3 is 2.79 bits per heavy atom. The fourth-order valence-corrected chi connectivity index (χ4v) is 3.80. The predicted octanol–water partition coefficient (Wildman–Crippen LogP) is 3.81. The van der Waals surface area contributed by atoms with Crippen molar-refractivity contribution < 1.29 is 9.59 Å². The number of allylic oxidation sites excluding steroid dienone is 3. The van der Waals surface area contributed by atoms with Crippen LogP contribution in [0, 0.1) is 5.92 Å². The molecule has 2 aliphatic rings. The number of amides is 2. The van der Waals surface area contributed by atoms with E-state index in [0.29, 0.717) is 36.7 Å². The van der Waals surface area contributed by atoms with E-state index in [1.807, 2.05) is 36.4 Å². The van der Waals surface area contributed by atoms with Gasteiger partial charge in [-0.25, -0.2) is 4.99 Å². The number of fused-ring (bicyclic) bond motifs is 1. The highest BCUT2D eigenvalue weighted by molar-refractivity contribution is 9.11. The molecule has 1 unspecified atom stereocenters. The molecule has 1 aromatic rings. The minimum atomic E-state index is -0.417. The normalized spacial score (nSPS) is 18.5. The SMILES string of the molecule is O=C(CCCN1C(=O)C2C=C(Br)C=CC2=NC1=S)NCCc1ccc(Cl)cc1. The summed E-state index contributed by atoms with van der Waals surface area (Å²) in [5.74, 6) is -0.560. The van der Waals surface area contributed by atoms with Gasteiger partial charge in [-0.1, -0.05) is 45.7 Å². The van der Waals surface area contributed by atoms with Crippen molar-refractivity contribution in [2.24, 2.45) is 10.9 Å². The number of rotatable bonds is 7. The molecule has 0 aromatic heterocycles. The minimum absolute atomic E-state index is 0.0447. The molecule has 1 aromatic carbocycles. The number of carbonyl (C=O) groups excluding carboxylic acids is 2. The zero-order valence-electron chi connectivity index (χ0n) is 15.0. The first kappa shape index (κ1) is 20.9. The second-order valence-corrected chi connectivity index (χ2v) is 8.22. The van der Waals surface area contributed by atoms with E-state index in [2.05, 4.69) is 26.2 Å². The first-order valence-electron chi connectivity index (χ1n) is 8.94. The molecule has 1 aliphatic heterocycles. The van der Waals surface area contributed by atoms with Crippen LogP contribution in [-0.2, 0) is 16.0 Å². The van der Waals surface area contributed by atoms with Gasteiger partial charge >= 0.3 is 0 Å². The van der Waals surface area contributed by atoms with Gasteiger partial charge in [-0.3, -0.25) is 14.5 Å². The first-order chi connectivity index (χ1) is 13.4. The summed E-state index contributed by atoms with van der Waals surface area (Å²) in [7, 11) is 0. The van der Waals surface area contributed by atoms with Gasteiger partial charge in [-0.2, -0.15) is 0 Å². The highest BCUT2D eigenvalue weighted by Crippen LogP contribution is 2.25. The lowest BCUT2D eigenvalue weighted by Gasteiger charge is -2.30. The third kappa shape index (κ3) is 5.37. The van der Waals surface area contributed by atoms with E-state index >= 15 is 0 Å². The molecule has 28 heavy (non-hydrogen) atoms. The topological polar surface area (TPSA) is 61.8 Å². The van der Waals surface area contributed by atoms with Crippen LogP contribution in [0.15, 0.2) is 52.0 Å².